The molecule has 1 rings (SSSR count). The number of hydrogen-bond acceptors (Lipinski definition) is 4. The molecule has 0 radical (unpaired) electrons. The first-order valence-electron chi connectivity index (χ1n) is 5.80. The Morgan fingerprint density at radius 3 is 2.56 bits per heavy atom. The van der Waals surface area contributed by atoms with Gasteiger partial charge in [0.25, 0.3) is 0 Å². The van der Waals surface area contributed by atoms with E-state index < -0.39 is 20.6 Å². The zero-order valence-corrected chi connectivity index (χ0v) is 12.3. The predicted octanol–water partition coefficient (Wildman–Crippen LogP) is 1.51. The molecule has 102 valence electrons. The van der Waals surface area contributed by atoms with Crippen molar-refractivity contribution < 1.29 is 12.6 Å². The van der Waals surface area contributed by atoms with Gasteiger partial charge in [0.1, 0.15) is 9.84 Å². The largest absolute Gasteiger partial charge is 0.399 e. The van der Waals surface area contributed by atoms with E-state index in [-0.39, 0.29) is 11.5 Å². The van der Waals surface area contributed by atoms with Gasteiger partial charge in [-0.3, -0.25) is 4.21 Å². The van der Waals surface area contributed by atoms with Gasteiger partial charge in [-0.25, -0.2) is 8.42 Å². The van der Waals surface area contributed by atoms with Crippen LogP contribution in [0.5, 0.6) is 0 Å². The number of anilines is 1. The monoisotopic (exact) mass is 289 g/mol. The van der Waals surface area contributed by atoms with Crippen molar-refractivity contribution in [2.24, 2.45) is 0 Å². The van der Waals surface area contributed by atoms with Gasteiger partial charge in [-0.15, -0.1) is 0 Å². The van der Waals surface area contributed by atoms with E-state index in [1.165, 1.54) is 0 Å². The molecule has 1 aromatic carbocycles. The summed E-state index contributed by atoms with van der Waals surface area (Å²) < 4.78 is 34.7. The first-order valence-corrected chi connectivity index (χ1v) is 8.94. The molecule has 0 amide bonds. The first-order chi connectivity index (χ1) is 8.35. The van der Waals surface area contributed by atoms with E-state index in [9.17, 15) is 12.6 Å². The second-order valence-corrected chi connectivity index (χ2v) is 8.18. The lowest BCUT2D eigenvalue weighted by molar-refractivity contribution is 0.596. The van der Waals surface area contributed by atoms with Gasteiger partial charge >= 0.3 is 0 Å². The summed E-state index contributed by atoms with van der Waals surface area (Å²) in [5.74, 6) is 0.605. The fourth-order valence-corrected chi connectivity index (χ4v) is 3.91. The zero-order valence-electron chi connectivity index (χ0n) is 10.7. The first kappa shape index (κ1) is 15.2. The van der Waals surface area contributed by atoms with Crippen LogP contribution in [0.3, 0.4) is 0 Å². The average Bonchev–Trinajstić information content (AvgIpc) is 2.28. The maximum absolute atomic E-state index is 12.0. The Morgan fingerprint density at radius 2 is 2.00 bits per heavy atom. The lowest BCUT2D eigenvalue weighted by Crippen LogP contribution is -2.12. The topological polar surface area (TPSA) is 77.2 Å². The average molecular weight is 289 g/mol. The van der Waals surface area contributed by atoms with E-state index in [4.69, 9.17) is 5.73 Å². The third-order valence-electron chi connectivity index (χ3n) is 2.67. The molecule has 2 N–H and O–H groups in total. The number of benzene rings is 1. The molecule has 0 aliphatic carbocycles. The van der Waals surface area contributed by atoms with Crippen molar-refractivity contribution >= 4 is 26.3 Å². The Hall–Kier alpha value is -0.880. The molecule has 0 aromatic heterocycles. The minimum atomic E-state index is -2.97. The summed E-state index contributed by atoms with van der Waals surface area (Å²) in [5, 5.41) is 0. The molecule has 0 aliphatic heterocycles. The van der Waals surface area contributed by atoms with Gasteiger partial charge in [0.2, 0.25) is 0 Å². The van der Waals surface area contributed by atoms with Crippen LogP contribution in [0.2, 0.25) is 0 Å². The second kappa shape index (κ2) is 6.33. The van der Waals surface area contributed by atoms with Gasteiger partial charge < -0.3 is 5.73 Å². The van der Waals surface area contributed by atoms with Crippen molar-refractivity contribution in [1.29, 1.82) is 0 Å². The Kier molecular flexibility index (Phi) is 5.34. The van der Waals surface area contributed by atoms with E-state index in [0.717, 1.165) is 10.5 Å². The van der Waals surface area contributed by atoms with Crippen LogP contribution in [0.15, 0.2) is 23.1 Å². The van der Waals surface area contributed by atoms with Crippen molar-refractivity contribution in [3.05, 3.63) is 23.8 Å². The van der Waals surface area contributed by atoms with Gasteiger partial charge in [-0.1, -0.05) is 6.92 Å². The zero-order chi connectivity index (χ0) is 13.8. The molecule has 0 spiro atoms. The van der Waals surface area contributed by atoms with Gasteiger partial charge in [-0.2, -0.15) is 0 Å². The lowest BCUT2D eigenvalue weighted by atomic mass is 10.2. The van der Waals surface area contributed by atoms with Crippen LogP contribution in [0.4, 0.5) is 5.69 Å². The van der Waals surface area contributed by atoms with Crippen LogP contribution in [-0.2, 0) is 20.6 Å². The molecule has 1 aromatic rings. The summed E-state index contributed by atoms with van der Waals surface area (Å²) in [6.07, 6.45) is 0.423. The van der Waals surface area contributed by atoms with E-state index in [1.54, 1.807) is 25.1 Å². The predicted molar refractivity (Wildman–Crippen MR) is 75.8 cm³/mol. The number of nitrogens with two attached hydrogens (primary N) is 1. The molecule has 0 saturated heterocycles. The summed E-state index contributed by atoms with van der Waals surface area (Å²) in [7, 11) is -4.13. The highest BCUT2D eigenvalue weighted by atomic mass is 32.2. The van der Waals surface area contributed by atoms with Crippen LogP contribution >= 0.6 is 0 Å². The fourth-order valence-electron chi connectivity index (χ4n) is 1.59. The standard InChI is InChI=1S/C12H19NO3S2/c1-3-18(15,16)8-4-7-17(14)12-6-5-11(13)9-10(12)2/h5-6,9H,3-4,7-8,13H2,1-2H3. The highest BCUT2D eigenvalue weighted by Gasteiger charge is 2.11. The van der Waals surface area contributed by atoms with Crippen LogP contribution in [0.25, 0.3) is 0 Å². The van der Waals surface area contributed by atoms with E-state index in [0.29, 0.717) is 17.9 Å². The van der Waals surface area contributed by atoms with Crippen molar-refractivity contribution in [3.63, 3.8) is 0 Å². The number of hydrogen-bond donors (Lipinski definition) is 1. The minimum absolute atomic E-state index is 0.100. The molecular formula is C12H19NO3S2. The number of rotatable bonds is 6. The molecule has 18 heavy (non-hydrogen) atoms. The van der Waals surface area contributed by atoms with Gasteiger partial charge in [0, 0.05) is 22.1 Å². The second-order valence-electron chi connectivity index (χ2n) is 4.16. The van der Waals surface area contributed by atoms with Crippen LogP contribution in [-0.4, -0.2) is 29.9 Å². The maximum Gasteiger partial charge on any atom is 0.150 e. The summed E-state index contributed by atoms with van der Waals surface area (Å²) in [6, 6.07) is 5.23. The Balaban J connectivity index is 2.61. The molecule has 0 heterocycles. The molecule has 0 fully saturated rings. The van der Waals surface area contributed by atoms with Gasteiger partial charge in [0.15, 0.2) is 0 Å². The van der Waals surface area contributed by atoms with E-state index in [1.807, 2.05) is 6.92 Å². The summed E-state index contributed by atoms with van der Waals surface area (Å²) >= 11 is 0. The quantitative estimate of drug-likeness (QED) is 0.805. The maximum atomic E-state index is 12.0. The Morgan fingerprint density at radius 1 is 1.33 bits per heavy atom. The number of sulfone groups is 1. The number of nitrogen functional groups attached to an aromatic ring is 1. The smallest absolute Gasteiger partial charge is 0.150 e. The molecule has 0 saturated carbocycles. The molecule has 1 unspecified atom stereocenters. The molecule has 0 bridgehead atoms. The molecule has 6 heteroatoms. The summed E-state index contributed by atoms with van der Waals surface area (Å²) in [4.78, 5) is 0.734. The highest BCUT2D eigenvalue weighted by molar-refractivity contribution is 7.91. The summed E-state index contributed by atoms with van der Waals surface area (Å²) in [5.41, 5.74) is 7.15. The van der Waals surface area contributed by atoms with Crippen molar-refractivity contribution in [2.75, 3.05) is 23.0 Å². The van der Waals surface area contributed by atoms with Crippen molar-refractivity contribution in [1.82, 2.24) is 0 Å². The highest BCUT2D eigenvalue weighted by Crippen LogP contribution is 2.17. The Bertz CT molecular complexity index is 538. The molecule has 1 atom stereocenters. The normalized spacial score (nSPS) is 13.4. The molecular weight excluding hydrogens is 270 g/mol. The van der Waals surface area contributed by atoms with E-state index in [2.05, 4.69) is 0 Å². The molecule has 0 aliphatic rings. The Labute approximate surface area is 111 Å². The van der Waals surface area contributed by atoms with E-state index >= 15 is 0 Å². The molecule has 4 nitrogen and oxygen atoms in total. The van der Waals surface area contributed by atoms with Gasteiger partial charge in [-0.05, 0) is 37.1 Å². The fraction of sp³-hybridized carbons (Fsp3) is 0.500. The minimum Gasteiger partial charge on any atom is -0.399 e. The SMILES string of the molecule is CCS(=O)(=O)CCCS(=O)c1ccc(N)cc1C. The van der Waals surface area contributed by atoms with Crippen molar-refractivity contribution in [3.8, 4) is 0 Å². The van der Waals surface area contributed by atoms with Crippen molar-refractivity contribution in [2.45, 2.75) is 25.2 Å². The van der Waals surface area contributed by atoms with Crippen LogP contribution in [0, 0.1) is 6.92 Å². The third-order valence-corrected chi connectivity index (χ3v) is 6.07. The summed E-state index contributed by atoms with van der Waals surface area (Å²) in [6.45, 7) is 3.47. The third kappa shape index (κ3) is 4.42. The number of aryl methyl sites for hydroxylation is 1. The lowest BCUT2D eigenvalue weighted by Gasteiger charge is -2.07. The van der Waals surface area contributed by atoms with Crippen LogP contribution in [0.1, 0.15) is 18.9 Å². The van der Waals surface area contributed by atoms with Crippen LogP contribution < -0.4 is 5.73 Å². The van der Waals surface area contributed by atoms with Gasteiger partial charge in [0.05, 0.1) is 16.6 Å².